The van der Waals surface area contributed by atoms with Crippen LogP contribution in [0.15, 0.2) is 48.7 Å². The molecule has 1 saturated carbocycles. The molecule has 2 saturated heterocycles. The van der Waals surface area contributed by atoms with Gasteiger partial charge in [0.05, 0.1) is 5.56 Å². The molecule has 1 aromatic heterocycles. The summed E-state index contributed by atoms with van der Waals surface area (Å²) in [5.74, 6) is 0.131. The second-order valence-electron chi connectivity index (χ2n) is 9.27. The first-order valence-corrected chi connectivity index (χ1v) is 11.2. The Kier molecular flexibility index (Phi) is 4.91. The molecule has 1 aliphatic carbocycles. The van der Waals surface area contributed by atoms with Crippen molar-refractivity contribution in [2.45, 2.75) is 57.5 Å². The van der Waals surface area contributed by atoms with Crippen LogP contribution < -0.4 is 0 Å². The second-order valence-corrected chi connectivity index (χ2v) is 9.27. The van der Waals surface area contributed by atoms with Crippen LogP contribution in [0.5, 0.6) is 0 Å². The molecule has 4 nitrogen and oxygen atoms in total. The summed E-state index contributed by atoms with van der Waals surface area (Å²) in [4.78, 5) is 21.9. The van der Waals surface area contributed by atoms with E-state index in [4.69, 9.17) is 0 Å². The molecule has 0 bridgehead atoms. The molecule has 5 rings (SSSR count). The Balaban J connectivity index is 1.27. The van der Waals surface area contributed by atoms with E-state index in [-0.39, 0.29) is 5.91 Å². The maximum Gasteiger partial charge on any atom is 0.255 e. The van der Waals surface area contributed by atoms with Crippen molar-refractivity contribution in [3.63, 3.8) is 0 Å². The first kappa shape index (κ1) is 18.8. The zero-order chi connectivity index (χ0) is 19.8. The molecule has 0 radical (unpaired) electrons. The number of hydrogen-bond acceptors (Lipinski definition) is 3. The van der Waals surface area contributed by atoms with E-state index < -0.39 is 0 Å². The molecule has 2 aromatic rings. The Morgan fingerprint density at radius 1 is 1.03 bits per heavy atom. The number of nitrogens with zero attached hydrogens (tertiary/aromatic N) is 3. The van der Waals surface area contributed by atoms with E-state index in [0.29, 0.717) is 23.1 Å². The highest BCUT2D eigenvalue weighted by Gasteiger charge is 2.55. The van der Waals surface area contributed by atoms with E-state index in [1.807, 2.05) is 24.0 Å². The maximum absolute atomic E-state index is 12.8. The van der Waals surface area contributed by atoms with Crippen molar-refractivity contribution in [1.82, 2.24) is 14.8 Å². The van der Waals surface area contributed by atoms with Gasteiger partial charge in [0.1, 0.15) is 0 Å². The van der Waals surface area contributed by atoms with Gasteiger partial charge in [-0.2, -0.15) is 0 Å². The van der Waals surface area contributed by atoms with Crippen LogP contribution in [0.4, 0.5) is 0 Å². The van der Waals surface area contributed by atoms with Crippen LogP contribution in [0, 0.1) is 12.3 Å². The van der Waals surface area contributed by atoms with Gasteiger partial charge in [-0.1, -0.05) is 43.2 Å². The average Bonchev–Trinajstić information content (AvgIpc) is 3.25. The average molecular weight is 390 g/mol. The number of carbonyl (C=O) groups excluding carboxylic acids is 1. The van der Waals surface area contributed by atoms with E-state index in [1.165, 1.54) is 37.8 Å². The van der Waals surface area contributed by atoms with Gasteiger partial charge < -0.3 is 4.90 Å². The number of amides is 1. The topological polar surface area (TPSA) is 36.4 Å². The van der Waals surface area contributed by atoms with E-state index >= 15 is 0 Å². The Morgan fingerprint density at radius 2 is 1.76 bits per heavy atom. The molecule has 3 fully saturated rings. The van der Waals surface area contributed by atoms with Crippen molar-refractivity contribution in [2.24, 2.45) is 5.41 Å². The molecular weight excluding hydrogens is 358 g/mol. The predicted octanol–water partition coefficient (Wildman–Crippen LogP) is 4.61. The van der Waals surface area contributed by atoms with Crippen molar-refractivity contribution in [3.8, 4) is 0 Å². The molecule has 29 heavy (non-hydrogen) atoms. The van der Waals surface area contributed by atoms with Gasteiger partial charge in [0, 0.05) is 49.0 Å². The summed E-state index contributed by atoms with van der Waals surface area (Å²) in [5.41, 5.74) is 3.66. The number of carbonyl (C=O) groups is 1. The largest absolute Gasteiger partial charge is 0.338 e. The van der Waals surface area contributed by atoms with Crippen molar-refractivity contribution in [2.75, 3.05) is 19.6 Å². The number of hydrogen-bond donors (Lipinski definition) is 0. The number of pyridine rings is 1. The van der Waals surface area contributed by atoms with Crippen molar-refractivity contribution < 1.29 is 4.79 Å². The molecular formula is C25H31N3O. The van der Waals surface area contributed by atoms with Gasteiger partial charge in [-0.15, -0.1) is 0 Å². The van der Waals surface area contributed by atoms with E-state index in [0.717, 1.165) is 31.6 Å². The zero-order valence-electron chi connectivity index (χ0n) is 17.4. The summed E-state index contributed by atoms with van der Waals surface area (Å²) in [5, 5.41) is 0. The lowest BCUT2D eigenvalue weighted by atomic mass is 9.66. The van der Waals surface area contributed by atoms with Crippen molar-refractivity contribution in [3.05, 3.63) is 65.5 Å². The fourth-order valence-electron chi connectivity index (χ4n) is 5.99. The fourth-order valence-corrected chi connectivity index (χ4v) is 5.99. The highest BCUT2D eigenvalue weighted by atomic mass is 16.2. The lowest BCUT2D eigenvalue weighted by Crippen LogP contribution is -2.62. The molecule has 0 N–H and O–H groups in total. The van der Waals surface area contributed by atoms with Gasteiger partial charge in [-0.25, -0.2) is 0 Å². The minimum Gasteiger partial charge on any atom is -0.338 e. The molecule has 4 heteroatoms. The number of benzene rings is 1. The molecule has 2 aliphatic heterocycles. The third-order valence-corrected chi connectivity index (χ3v) is 7.50. The van der Waals surface area contributed by atoms with E-state index in [2.05, 4.69) is 40.2 Å². The van der Waals surface area contributed by atoms with Crippen LogP contribution in [0.2, 0.25) is 0 Å². The summed E-state index contributed by atoms with van der Waals surface area (Å²) in [6.45, 7) is 4.89. The summed E-state index contributed by atoms with van der Waals surface area (Å²) in [7, 11) is 0. The Morgan fingerprint density at radius 3 is 2.41 bits per heavy atom. The molecule has 1 atom stereocenters. The fraction of sp³-hybridized carbons (Fsp3) is 0.520. The molecule has 1 amide bonds. The van der Waals surface area contributed by atoms with Crippen LogP contribution in [0.25, 0.3) is 0 Å². The summed E-state index contributed by atoms with van der Waals surface area (Å²) >= 11 is 0. The Labute approximate surface area is 173 Å². The smallest absolute Gasteiger partial charge is 0.255 e. The van der Waals surface area contributed by atoms with Gasteiger partial charge >= 0.3 is 0 Å². The lowest BCUT2D eigenvalue weighted by molar-refractivity contribution is -0.111. The van der Waals surface area contributed by atoms with Gasteiger partial charge in [-0.3, -0.25) is 14.7 Å². The third-order valence-electron chi connectivity index (χ3n) is 7.50. The van der Waals surface area contributed by atoms with Crippen molar-refractivity contribution in [1.29, 1.82) is 0 Å². The normalized spacial score (nSPS) is 24.6. The Hall–Kier alpha value is -2.20. The molecule has 1 aromatic carbocycles. The van der Waals surface area contributed by atoms with Crippen LogP contribution >= 0.6 is 0 Å². The Bertz CT molecular complexity index is 849. The van der Waals surface area contributed by atoms with Crippen LogP contribution in [0.1, 0.15) is 66.2 Å². The van der Waals surface area contributed by atoms with Crippen molar-refractivity contribution >= 4 is 5.91 Å². The number of piperidine rings is 1. The van der Waals surface area contributed by atoms with Gasteiger partial charge in [0.2, 0.25) is 0 Å². The monoisotopic (exact) mass is 389 g/mol. The van der Waals surface area contributed by atoms with Gasteiger partial charge in [0.15, 0.2) is 0 Å². The summed E-state index contributed by atoms with van der Waals surface area (Å²) < 4.78 is 0. The van der Waals surface area contributed by atoms with E-state index in [9.17, 15) is 4.79 Å². The third kappa shape index (κ3) is 3.38. The van der Waals surface area contributed by atoms with Crippen LogP contribution in [-0.2, 0) is 0 Å². The highest BCUT2D eigenvalue weighted by molar-refractivity contribution is 5.94. The number of likely N-dealkylation sites (tertiary alicyclic amines) is 2. The standard InChI is InChI=1S/C25H31N3O/c1-19-9-10-21(17-26-19)24(29)27-15-11-22(12-16-27)28-18-25(13-5-6-14-25)23(28)20-7-3-2-4-8-20/h2-4,7-10,17,22-23H,5-6,11-16,18H2,1H3. The summed E-state index contributed by atoms with van der Waals surface area (Å²) in [6, 6.07) is 16.1. The second kappa shape index (κ2) is 7.56. The van der Waals surface area contributed by atoms with Gasteiger partial charge in [0.25, 0.3) is 5.91 Å². The summed E-state index contributed by atoms with van der Waals surface area (Å²) in [6.07, 6.45) is 9.38. The number of rotatable bonds is 3. The minimum absolute atomic E-state index is 0.131. The number of aryl methyl sites for hydroxylation is 1. The first-order valence-electron chi connectivity index (χ1n) is 11.2. The molecule has 152 valence electrons. The zero-order valence-corrected chi connectivity index (χ0v) is 17.4. The SMILES string of the molecule is Cc1ccc(C(=O)N2CCC(N3CC4(CCCC4)C3c3ccccc3)CC2)cn1. The highest BCUT2D eigenvalue weighted by Crippen LogP contribution is 2.59. The van der Waals surface area contributed by atoms with Crippen LogP contribution in [0.3, 0.4) is 0 Å². The lowest BCUT2D eigenvalue weighted by Gasteiger charge is -2.60. The maximum atomic E-state index is 12.8. The van der Waals surface area contributed by atoms with Gasteiger partial charge in [-0.05, 0) is 50.3 Å². The molecule has 3 aliphatic rings. The molecule has 3 heterocycles. The predicted molar refractivity (Wildman–Crippen MR) is 115 cm³/mol. The molecule has 1 spiro atoms. The molecule has 1 unspecified atom stereocenters. The first-order chi connectivity index (χ1) is 14.2. The minimum atomic E-state index is 0.131. The quantitative estimate of drug-likeness (QED) is 0.769. The number of aromatic nitrogens is 1. The van der Waals surface area contributed by atoms with E-state index in [1.54, 1.807) is 6.20 Å². The van der Waals surface area contributed by atoms with Crippen LogP contribution in [-0.4, -0.2) is 46.4 Å².